The van der Waals surface area contributed by atoms with Gasteiger partial charge in [-0.1, -0.05) is 50.2 Å². The first-order valence-electron chi connectivity index (χ1n) is 8.40. The lowest BCUT2D eigenvalue weighted by molar-refractivity contribution is -0.119. The van der Waals surface area contributed by atoms with Gasteiger partial charge in [-0.3, -0.25) is 4.79 Å². The highest BCUT2D eigenvalue weighted by atomic mass is 16.1. The fourth-order valence-electron chi connectivity index (χ4n) is 3.00. The number of amides is 1. The van der Waals surface area contributed by atoms with Gasteiger partial charge in [0.05, 0.1) is 0 Å². The molecule has 23 heavy (non-hydrogen) atoms. The Kier molecular flexibility index (Phi) is 4.65. The van der Waals surface area contributed by atoms with Crippen LogP contribution in [0.5, 0.6) is 0 Å². The highest BCUT2D eigenvalue weighted by Gasteiger charge is 2.20. The molecular formula is C20H24N2O. The van der Waals surface area contributed by atoms with Crippen molar-refractivity contribution in [2.45, 2.75) is 33.2 Å². The maximum absolute atomic E-state index is 12.2. The van der Waals surface area contributed by atoms with Crippen LogP contribution in [0.4, 0.5) is 11.4 Å². The number of hydrogen-bond donors (Lipinski definition) is 1. The summed E-state index contributed by atoms with van der Waals surface area (Å²) in [6.45, 7) is 5.87. The summed E-state index contributed by atoms with van der Waals surface area (Å²) < 4.78 is 0. The summed E-state index contributed by atoms with van der Waals surface area (Å²) in [5, 5.41) is 3.09. The van der Waals surface area contributed by atoms with Crippen LogP contribution in [-0.4, -0.2) is 12.5 Å². The number of para-hydroxylation sites is 2. The largest absolute Gasteiger partial charge is 0.367 e. The standard InChI is InChI=1S/C20H24N2O/c1-3-15(2)20(23)21-18-10-6-4-9-17(18)14-22-13-12-16-8-5-7-11-19(16)22/h4-11,15H,3,12-14H2,1-2H3,(H,21,23). The molecule has 1 N–H and O–H groups in total. The van der Waals surface area contributed by atoms with Gasteiger partial charge in [-0.15, -0.1) is 0 Å². The second kappa shape index (κ2) is 6.86. The number of carbonyl (C=O) groups excluding carboxylic acids is 1. The molecule has 3 heteroatoms. The average Bonchev–Trinajstić information content (AvgIpc) is 2.99. The van der Waals surface area contributed by atoms with Gasteiger partial charge in [0.25, 0.3) is 0 Å². The molecule has 1 aliphatic rings. The smallest absolute Gasteiger partial charge is 0.227 e. The van der Waals surface area contributed by atoms with Crippen molar-refractivity contribution in [2.75, 3.05) is 16.8 Å². The highest BCUT2D eigenvalue weighted by Crippen LogP contribution is 2.30. The van der Waals surface area contributed by atoms with Gasteiger partial charge in [0.2, 0.25) is 5.91 Å². The van der Waals surface area contributed by atoms with Crippen LogP contribution in [0, 0.1) is 5.92 Å². The van der Waals surface area contributed by atoms with Crippen molar-refractivity contribution in [3.05, 3.63) is 59.7 Å². The molecule has 0 radical (unpaired) electrons. The molecule has 3 rings (SSSR count). The molecule has 2 aromatic rings. The van der Waals surface area contributed by atoms with E-state index in [1.54, 1.807) is 0 Å². The van der Waals surface area contributed by atoms with E-state index in [-0.39, 0.29) is 11.8 Å². The minimum atomic E-state index is 0.0376. The Balaban J connectivity index is 1.78. The maximum Gasteiger partial charge on any atom is 0.227 e. The summed E-state index contributed by atoms with van der Waals surface area (Å²) in [5.41, 5.74) is 4.83. The van der Waals surface area contributed by atoms with Crippen molar-refractivity contribution >= 4 is 17.3 Å². The van der Waals surface area contributed by atoms with Crippen LogP contribution in [0.2, 0.25) is 0 Å². The zero-order valence-corrected chi connectivity index (χ0v) is 13.9. The van der Waals surface area contributed by atoms with Gasteiger partial charge in [0.1, 0.15) is 0 Å². The number of nitrogens with one attached hydrogen (secondary N) is 1. The van der Waals surface area contributed by atoms with Crippen LogP contribution in [-0.2, 0) is 17.8 Å². The van der Waals surface area contributed by atoms with Gasteiger partial charge in [-0.05, 0) is 36.1 Å². The van der Waals surface area contributed by atoms with Crippen molar-refractivity contribution in [2.24, 2.45) is 5.92 Å². The number of rotatable bonds is 5. The molecule has 1 heterocycles. The summed E-state index contributed by atoms with van der Waals surface area (Å²) in [7, 11) is 0. The van der Waals surface area contributed by atoms with Crippen molar-refractivity contribution in [1.29, 1.82) is 0 Å². The molecule has 120 valence electrons. The molecule has 0 bridgehead atoms. The lowest BCUT2D eigenvalue weighted by Crippen LogP contribution is -2.23. The average molecular weight is 308 g/mol. The normalized spacial score (nSPS) is 14.4. The maximum atomic E-state index is 12.2. The summed E-state index contributed by atoms with van der Waals surface area (Å²) in [5.74, 6) is 0.136. The molecule has 0 spiro atoms. The number of hydrogen-bond acceptors (Lipinski definition) is 2. The Morgan fingerprint density at radius 1 is 1.17 bits per heavy atom. The fourth-order valence-corrected chi connectivity index (χ4v) is 3.00. The SMILES string of the molecule is CCC(C)C(=O)Nc1ccccc1CN1CCc2ccccc21. The third-order valence-electron chi connectivity index (χ3n) is 4.68. The Morgan fingerprint density at radius 3 is 2.74 bits per heavy atom. The van der Waals surface area contributed by atoms with Gasteiger partial charge in [-0.25, -0.2) is 0 Å². The summed E-state index contributed by atoms with van der Waals surface area (Å²) in [6.07, 6.45) is 1.95. The number of benzene rings is 2. The van der Waals surface area contributed by atoms with Crippen LogP contribution in [0.15, 0.2) is 48.5 Å². The van der Waals surface area contributed by atoms with Crippen LogP contribution in [0.1, 0.15) is 31.4 Å². The van der Waals surface area contributed by atoms with E-state index in [9.17, 15) is 4.79 Å². The lowest BCUT2D eigenvalue weighted by atomic mass is 10.1. The molecule has 0 aliphatic carbocycles. The monoisotopic (exact) mass is 308 g/mol. The number of anilines is 2. The van der Waals surface area contributed by atoms with E-state index in [2.05, 4.69) is 40.5 Å². The Labute approximate surface area is 138 Å². The molecule has 0 fully saturated rings. The number of nitrogens with zero attached hydrogens (tertiary/aromatic N) is 1. The predicted octanol–water partition coefficient (Wildman–Crippen LogP) is 4.23. The van der Waals surface area contributed by atoms with Gasteiger partial charge in [0.15, 0.2) is 0 Å². The molecule has 0 saturated heterocycles. The van der Waals surface area contributed by atoms with Gasteiger partial charge in [-0.2, -0.15) is 0 Å². The van der Waals surface area contributed by atoms with E-state index in [0.29, 0.717) is 0 Å². The van der Waals surface area contributed by atoms with Crippen molar-refractivity contribution in [3.63, 3.8) is 0 Å². The number of carbonyl (C=O) groups is 1. The van der Waals surface area contributed by atoms with Crippen LogP contribution in [0.25, 0.3) is 0 Å². The van der Waals surface area contributed by atoms with Crippen molar-refractivity contribution in [1.82, 2.24) is 0 Å². The topological polar surface area (TPSA) is 32.3 Å². The Bertz CT molecular complexity index is 696. The minimum absolute atomic E-state index is 0.0376. The predicted molar refractivity (Wildman–Crippen MR) is 95.7 cm³/mol. The van der Waals surface area contributed by atoms with Crippen molar-refractivity contribution in [3.8, 4) is 0 Å². The van der Waals surface area contributed by atoms with E-state index in [4.69, 9.17) is 0 Å². The first-order valence-corrected chi connectivity index (χ1v) is 8.40. The highest BCUT2D eigenvalue weighted by molar-refractivity contribution is 5.93. The molecule has 1 unspecified atom stereocenters. The number of fused-ring (bicyclic) bond motifs is 1. The van der Waals surface area contributed by atoms with Crippen LogP contribution < -0.4 is 10.2 Å². The second-order valence-corrected chi connectivity index (χ2v) is 6.26. The zero-order chi connectivity index (χ0) is 16.2. The Morgan fingerprint density at radius 2 is 1.91 bits per heavy atom. The first-order chi connectivity index (χ1) is 11.2. The van der Waals surface area contributed by atoms with E-state index in [1.807, 2.05) is 32.0 Å². The molecule has 0 aromatic heterocycles. The third-order valence-corrected chi connectivity index (χ3v) is 4.68. The van der Waals surface area contributed by atoms with E-state index >= 15 is 0 Å². The molecule has 3 nitrogen and oxygen atoms in total. The van der Waals surface area contributed by atoms with Gasteiger partial charge in [0, 0.05) is 30.4 Å². The summed E-state index contributed by atoms with van der Waals surface area (Å²) in [4.78, 5) is 14.6. The van der Waals surface area contributed by atoms with E-state index in [0.717, 1.165) is 31.6 Å². The minimum Gasteiger partial charge on any atom is -0.367 e. The molecular weight excluding hydrogens is 284 g/mol. The van der Waals surface area contributed by atoms with Crippen LogP contribution >= 0.6 is 0 Å². The molecule has 2 aromatic carbocycles. The van der Waals surface area contributed by atoms with Gasteiger partial charge >= 0.3 is 0 Å². The third kappa shape index (κ3) is 3.39. The van der Waals surface area contributed by atoms with Crippen LogP contribution in [0.3, 0.4) is 0 Å². The quantitative estimate of drug-likeness (QED) is 0.896. The summed E-state index contributed by atoms with van der Waals surface area (Å²) >= 11 is 0. The summed E-state index contributed by atoms with van der Waals surface area (Å²) in [6, 6.07) is 16.7. The first kappa shape index (κ1) is 15.6. The lowest BCUT2D eigenvalue weighted by Gasteiger charge is -2.22. The van der Waals surface area contributed by atoms with E-state index < -0.39 is 0 Å². The molecule has 1 atom stereocenters. The second-order valence-electron chi connectivity index (χ2n) is 6.26. The van der Waals surface area contributed by atoms with E-state index in [1.165, 1.54) is 16.8 Å². The molecule has 1 aliphatic heterocycles. The molecule has 0 saturated carbocycles. The van der Waals surface area contributed by atoms with Gasteiger partial charge < -0.3 is 10.2 Å². The fraction of sp³-hybridized carbons (Fsp3) is 0.350. The Hall–Kier alpha value is -2.29. The van der Waals surface area contributed by atoms with Crippen molar-refractivity contribution < 1.29 is 4.79 Å². The zero-order valence-electron chi connectivity index (χ0n) is 13.9. The molecule has 1 amide bonds.